The highest BCUT2D eigenvalue weighted by Gasteiger charge is 2.14. The summed E-state index contributed by atoms with van der Waals surface area (Å²) < 4.78 is 37.6. The van der Waals surface area contributed by atoms with Gasteiger partial charge in [0.15, 0.2) is 5.76 Å². The van der Waals surface area contributed by atoms with Gasteiger partial charge in [0.05, 0.1) is 12.4 Å². The third-order valence-corrected chi connectivity index (χ3v) is 2.59. The Labute approximate surface area is 87.0 Å². The van der Waals surface area contributed by atoms with Gasteiger partial charge in [-0.15, -0.1) is 0 Å². The van der Waals surface area contributed by atoms with Crippen molar-refractivity contribution in [1.29, 1.82) is 0 Å². The number of hydrogen-bond donors (Lipinski definition) is 0. The Morgan fingerprint density at radius 3 is 2.57 bits per heavy atom. The maximum atomic E-state index is 11.7. The molecule has 84 valence electrons. The normalized spacial score (nSPS) is 13.6. The van der Waals surface area contributed by atoms with Crippen molar-refractivity contribution in [3.63, 3.8) is 0 Å². The average Bonchev–Trinajstić information content (AvgIpc) is 2.09. The van der Waals surface area contributed by atoms with Crippen LogP contribution in [-0.4, -0.2) is 26.9 Å². The van der Waals surface area contributed by atoms with Crippen LogP contribution >= 0.6 is 10.7 Å². The predicted molar refractivity (Wildman–Crippen MR) is 51.0 cm³/mol. The van der Waals surface area contributed by atoms with Gasteiger partial charge in [-0.3, -0.25) is 4.94 Å². The van der Waals surface area contributed by atoms with E-state index < -0.39 is 15.2 Å². The van der Waals surface area contributed by atoms with Gasteiger partial charge in [0, 0.05) is 15.2 Å². The summed E-state index contributed by atoms with van der Waals surface area (Å²) >= 11 is 0. The van der Waals surface area contributed by atoms with Gasteiger partial charge in [0.2, 0.25) is 9.05 Å². The van der Waals surface area contributed by atoms with Crippen molar-refractivity contribution in [2.75, 3.05) is 12.4 Å². The molecule has 0 amide bonds. The summed E-state index contributed by atoms with van der Waals surface area (Å²) in [4.78, 5) is 3.38. The summed E-state index contributed by atoms with van der Waals surface area (Å²) in [6, 6.07) is 0. The quantitative estimate of drug-likeness (QED) is 0.507. The van der Waals surface area contributed by atoms with Crippen LogP contribution in [0.4, 0.5) is 4.53 Å². The molecule has 1 atom stereocenters. The van der Waals surface area contributed by atoms with Gasteiger partial charge in [-0.25, -0.2) is 8.42 Å². The fraction of sp³-hybridized carbons (Fsp3) is 0.714. The maximum Gasteiger partial charge on any atom is 0.234 e. The molecule has 0 bridgehead atoms. The molecule has 0 saturated carbocycles. The molecule has 0 spiro atoms. The smallest absolute Gasteiger partial charge is 0.234 e. The summed E-state index contributed by atoms with van der Waals surface area (Å²) in [7, 11) is 1.36. The highest BCUT2D eigenvalue weighted by atomic mass is 35.7. The molecule has 0 aromatic rings. The summed E-state index contributed by atoms with van der Waals surface area (Å²) in [5.41, 5.74) is 0. The van der Waals surface area contributed by atoms with E-state index in [-0.39, 0.29) is 18.1 Å². The maximum absolute atomic E-state index is 11.7. The first kappa shape index (κ1) is 13.7. The molecule has 14 heavy (non-hydrogen) atoms. The Morgan fingerprint density at radius 2 is 2.21 bits per heavy atom. The lowest BCUT2D eigenvalue weighted by atomic mass is 10.2. The zero-order valence-corrected chi connectivity index (χ0v) is 9.28. The molecule has 1 unspecified atom stereocenters. The van der Waals surface area contributed by atoms with E-state index in [0.29, 0.717) is 6.42 Å². The number of hydrogen-bond acceptors (Lipinski definition) is 4. The zero-order chi connectivity index (χ0) is 11.2. The Kier molecular flexibility index (Phi) is 6.06. The van der Waals surface area contributed by atoms with Crippen molar-refractivity contribution >= 4 is 19.7 Å². The summed E-state index contributed by atoms with van der Waals surface area (Å²) in [5.74, 6) is -0.510. The summed E-state index contributed by atoms with van der Waals surface area (Å²) in [6.45, 7) is 4.86. The van der Waals surface area contributed by atoms with E-state index in [1.807, 2.05) is 0 Å². The zero-order valence-electron chi connectivity index (χ0n) is 7.70. The standard InChI is InChI=1S/C7H12ClFO4S/c1-3-7(6(2)13-9)12-4-5-14(8,10)11/h7H,2-5H2,1H3. The minimum Gasteiger partial charge on any atom is -0.369 e. The van der Waals surface area contributed by atoms with Gasteiger partial charge in [-0.2, -0.15) is 0 Å². The van der Waals surface area contributed by atoms with E-state index in [9.17, 15) is 12.9 Å². The molecule has 0 rings (SSSR count). The molecule has 0 fully saturated rings. The van der Waals surface area contributed by atoms with Crippen LogP contribution in [0.3, 0.4) is 0 Å². The molecule has 0 N–H and O–H groups in total. The van der Waals surface area contributed by atoms with Crippen LogP contribution in [0.2, 0.25) is 0 Å². The predicted octanol–water partition coefficient (Wildman–Crippen LogP) is 1.76. The van der Waals surface area contributed by atoms with E-state index in [2.05, 4.69) is 11.5 Å². The van der Waals surface area contributed by atoms with Crippen molar-refractivity contribution in [2.45, 2.75) is 19.4 Å². The highest BCUT2D eigenvalue weighted by Crippen LogP contribution is 2.11. The fourth-order valence-corrected chi connectivity index (χ4v) is 1.26. The molecule has 7 heteroatoms. The first-order valence-electron chi connectivity index (χ1n) is 3.92. The van der Waals surface area contributed by atoms with Crippen LogP contribution in [0.15, 0.2) is 12.3 Å². The van der Waals surface area contributed by atoms with Crippen LogP contribution < -0.4 is 0 Å². The SMILES string of the molecule is C=C(OF)C(CC)OCCS(=O)(=O)Cl. The molecule has 0 aromatic heterocycles. The van der Waals surface area contributed by atoms with Crippen LogP contribution in [0.5, 0.6) is 0 Å². The molecule has 0 aromatic carbocycles. The Hall–Kier alpha value is -0.330. The van der Waals surface area contributed by atoms with E-state index in [1.165, 1.54) is 0 Å². The van der Waals surface area contributed by atoms with Crippen LogP contribution in [0.25, 0.3) is 0 Å². The van der Waals surface area contributed by atoms with Crippen molar-refractivity contribution in [3.05, 3.63) is 12.3 Å². The average molecular weight is 247 g/mol. The molecule has 0 aliphatic carbocycles. The number of rotatable bonds is 7. The minimum absolute atomic E-state index is 0.118. The lowest BCUT2D eigenvalue weighted by Gasteiger charge is -2.14. The van der Waals surface area contributed by atoms with Gasteiger partial charge in [-0.05, 0) is 6.42 Å². The first-order valence-corrected chi connectivity index (χ1v) is 6.40. The first-order chi connectivity index (χ1) is 6.40. The lowest BCUT2D eigenvalue weighted by molar-refractivity contribution is -0.114. The summed E-state index contributed by atoms with van der Waals surface area (Å²) in [6.07, 6.45) is -0.219. The minimum atomic E-state index is -3.58. The van der Waals surface area contributed by atoms with E-state index in [1.54, 1.807) is 6.92 Å². The van der Waals surface area contributed by atoms with Crippen molar-refractivity contribution in [1.82, 2.24) is 0 Å². The van der Waals surface area contributed by atoms with Crippen molar-refractivity contribution in [2.24, 2.45) is 0 Å². The highest BCUT2D eigenvalue weighted by molar-refractivity contribution is 8.13. The van der Waals surface area contributed by atoms with Gasteiger partial charge in [0.1, 0.15) is 6.10 Å². The van der Waals surface area contributed by atoms with Crippen LogP contribution in [0.1, 0.15) is 13.3 Å². The second-order valence-electron chi connectivity index (χ2n) is 2.55. The third-order valence-electron chi connectivity index (χ3n) is 1.48. The molecule has 0 aliphatic heterocycles. The number of ether oxygens (including phenoxy) is 1. The third kappa shape index (κ3) is 6.17. The van der Waals surface area contributed by atoms with Gasteiger partial charge >= 0.3 is 0 Å². The Bertz CT molecular complexity index is 277. The van der Waals surface area contributed by atoms with Gasteiger partial charge in [0.25, 0.3) is 0 Å². The lowest BCUT2D eigenvalue weighted by Crippen LogP contribution is -2.18. The monoisotopic (exact) mass is 246 g/mol. The number of halogens is 2. The molecule has 0 radical (unpaired) electrons. The topological polar surface area (TPSA) is 52.6 Å². The second kappa shape index (κ2) is 6.21. The van der Waals surface area contributed by atoms with Gasteiger partial charge < -0.3 is 4.74 Å². The van der Waals surface area contributed by atoms with Crippen molar-refractivity contribution < 1.29 is 22.6 Å². The summed E-state index contributed by atoms with van der Waals surface area (Å²) in [5, 5.41) is 0. The van der Waals surface area contributed by atoms with Crippen molar-refractivity contribution in [3.8, 4) is 0 Å². The van der Waals surface area contributed by atoms with Gasteiger partial charge in [-0.1, -0.05) is 13.5 Å². The van der Waals surface area contributed by atoms with E-state index in [0.717, 1.165) is 0 Å². The van der Waals surface area contributed by atoms with Crippen LogP contribution in [0, 0.1) is 0 Å². The molecule has 0 aliphatic rings. The molecule has 0 saturated heterocycles. The van der Waals surface area contributed by atoms with E-state index >= 15 is 0 Å². The Morgan fingerprint density at radius 1 is 1.64 bits per heavy atom. The van der Waals surface area contributed by atoms with E-state index in [4.69, 9.17) is 15.4 Å². The molecular formula is C7H12ClFO4S. The van der Waals surface area contributed by atoms with Crippen LogP contribution in [-0.2, 0) is 18.7 Å². The molecular weight excluding hydrogens is 235 g/mol. The second-order valence-corrected chi connectivity index (χ2v) is 5.45. The largest absolute Gasteiger partial charge is 0.369 e. The Balaban J connectivity index is 3.91. The fourth-order valence-electron chi connectivity index (χ4n) is 0.778. The molecule has 0 heterocycles. The molecule has 4 nitrogen and oxygen atoms in total.